The lowest BCUT2D eigenvalue weighted by Crippen LogP contribution is -2.54. The third kappa shape index (κ3) is 6.93. The number of hydrogen-bond donors (Lipinski definition) is 2. The second kappa shape index (κ2) is 11.1. The number of rotatable bonds is 7. The van der Waals surface area contributed by atoms with Gasteiger partial charge in [0, 0.05) is 18.5 Å². The van der Waals surface area contributed by atoms with Crippen LogP contribution in [0.5, 0.6) is 5.75 Å². The van der Waals surface area contributed by atoms with Crippen LogP contribution >= 0.6 is 28.3 Å². The van der Waals surface area contributed by atoms with Crippen molar-refractivity contribution in [2.45, 2.75) is 44.9 Å². The van der Waals surface area contributed by atoms with Gasteiger partial charge in [-0.15, -0.1) is 12.4 Å². The highest BCUT2D eigenvalue weighted by Crippen LogP contribution is 2.29. The summed E-state index contributed by atoms with van der Waals surface area (Å²) in [6, 6.07) is 13.5. The van der Waals surface area contributed by atoms with Crippen molar-refractivity contribution < 1.29 is 18.3 Å². The van der Waals surface area contributed by atoms with Crippen LogP contribution in [0.15, 0.2) is 46.9 Å². The Morgan fingerprint density at radius 1 is 1.16 bits per heavy atom. The Hall–Kier alpha value is -1.12. The zero-order valence-electron chi connectivity index (χ0n) is 18.0. The molecule has 1 saturated heterocycles. The minimum atomic E-state index is -3.24. The molecule has 0 radical (unpaired) electrons. The molecule has 1 aliphatic heterocycles. The molecule has 0 spiro atoms. The molecule has 172 valence electrons. The van der Waals surface area contributed by atoms with Crippen LogP contribution in [0, 0.1) is 5.92 Å². The van der Waals surface area contributed by atoms with Crippen LogP contribution in [0.25, 0.3) is 0 Å². The van der Waals surface area contributed by atoms with Crippen molar-refractivity contribution >= 4 is 38.2 Å². The van der Waals surface area contributed by atoms with Gasteiger partial charge in [0.1, 0.15) is 5.75 Å². The maximum atomic E-state index is 12.5. The van der Waals surface area contributed by atoms with E-state index in [1.807, 2.05) is 30.3 Å². The van der Waals surface area contributed by atoms with Crippen molar-refractivity contribution in [1.29, 1.82) is 0 Å². The predicted molar refractivity (Wildman–Crippen MR) is 131 cm³/mol. The molecule has 0 aliphatic carbocycles. The number of nitrogens with one attached hydrogen (secondary N) is 1. The molecule has 2 aromatic rings. The Balaban J connectivity index is 0.00000341. The van der Waals surface area contributed by atoms with E-state index in [1.165, 1.54) is 5.56 Å². The van der Waals surface area contributed by atoms with Crippen LogP contribution in [0.1, 0.15) is 36.5 Å². The number of ether oxygens (including phenoxy) is 1. The largest absolute Gasteiger partial charge is 0.496 e. The summed E-state index contributed by atoms with van der Waals surface area (Å²) in [6.07, 6.45) is -0.244. The van der Waals surface area contributed by atoms with Crippen molar-refractivity contribution in [3.63, 3.8) is 0 Å². The first kappa shape index (κ1) is 26.1. The molecule has 0 aromatic heterocycles. The molecule has 31 heavy (non-hydrogen) atoms. The third-order valence-corrected chi connectivity index (χ3v) is 8.12. The summed E-state index contributed by atoms with van der Waals surface area (Å²) < 4.78 is 31.2. The molecule has 2 aromatic carbocycles. The Morgan fingerprint density at radius 3 is 2.55 bits per heavy atom. The van der Waals surface area contributed by atoms with Gasteiger partial charge >= 0.3 is 0 Å². The minimum Gasteiger partial charge on any atom is -0.496 e. The van der Waals surface area contributed by atoms with Gasteiger partial charge in [0.15, 0.2) is 9.84 Å². The molecular formula is C23H31BrClNO4S. The summed E-state index contributed by atoms with van der Waals surface area (Å²) in [5.74, 6) is 0.751. The quantitative estimate of drug-likeness (QED) is 0.561. The highest BCUT2D eigenvalue weighted by molar-refractivity contribution is 9.10. The van der Waals surface area contributed by atoms with Crippen LogP contribution in [0.4, 0.5) is 0 Å². The molecule has 3 rings (SSSR count). The molecule has 2 N–H and O–H groups in total. The highest BCUT2D eigenvalue weighted by Gasteiger charge is 2.39. The van der Waals surface area contributed by atoms with Gasteiger partial charge in [-0.25, -0.2) is 8.42 Å². The second-order valence-corrected chi connectivity index (χ2v) is 11.4. The Bertz CT molecular complexity index is 983. The number of sulfone groups is 1. The lowest BCUT2D eigenvalue weighted by molar-refractivity contribution is 0.0781. The van der Waals surface area contributed by atoms with Gasteiger partial charge in [0.25, 0.3) is 0 Å². The summed E-state index contributed by atoms with van der Waals surface area (Å²) in [5, 5.41) is 14.2. The van der Waals surface area contributed by atoms with E-state index in [0.29, 0.717) is 18.9 Å². The fourth-order valence-corrected chi connectivity index (χ4v) is 6.56. The lowest BCUT2D eigenvalue weighted by Gasteiger charge is -2.35. The van der Waals surface area contributed by atoms with E-state index in [-0.39, 0.29) is 29.8 Å². The average Bonchev–Trinajstić information content (AvgIpc) is 2.69. The van der Waals surface area contributed by atoms with Crippen molar-refractivity contribution in [2.24, 2.45) is 5.92 Å². The molecule has 1 aliphatic rings. The van der Waals surface area contributed by atoms with Gasteiger partial charge in [-0.1, -0.05) is 44.2 Å². The van der Waals surface area contributed by atoms with Crippen LogP contribution in [0.2, 0.25) is 0 Å². The molecule has 1 fully saturated rings. The Morgan fingerprint density at radius 2 is 1.90 bits per heavy atom. The zero-order valence-corrected chi connectivity index (χ0v) is 21.3. The number of hydrogen-bond acceptors (Lipinski definition) is 5. The Kier molecular flexibility index (Phi) is 9.40. The van der Waals surface area contributed by atoms with Gasteiger partial charge in [0.05, 0.1) is 29.2 Å². The first-order valence-electron chi connectivity index (χ1n) is 10.2. The number of aliphatic hydroxyl groups excluding tert-OH is 1. The standard InChI is InChI=1S/C23H30BrNO4S.ClH/c1-15(2)18-6-4-5-17(10-18)12-25-21-14-30(27,28)13-19(23(21)26)9-16-7-8-22(29-3)20(24)11-16;/h4-8,10-11,15,19,21,23,25-26H,9,12-14H2,1-3H3;1H/t19-,21+,23+;/m1./s1. The Labute approximate surface area is 200 Å². The van der Waals surface area contributed by atoms with Gasteiger partial charge in [-0.05, 0) is 57.1 Å². The van der Waals surface area contributed by atoms with Crippen molar-refractivity contribution in [3.05, 3.63) is 63.6 Å². The molecule has 8 heteroatoms. The van der Waals surface area contributed by atoms with Gasteiger partial charge < -0.3 is 15.2 Å². The zero-order chi connectivity index (χ0) is 21.9. The van der Waals surface area contributed by atoms with E-state index in [2.05, 4.69) is 47.2 Å². The molecule has 0 amide bonds. The molecule has 0 unspecified atom stereocenters. The van der Waals surface area contributed by atoms with Crippen LogP contribution in [-0.4, -0.2) is 44.3 Å². The second-order valence-electron chi connectivity index (χ2n) is 8.39. The van der Waals surface area contributed by atoms with E-state index in [9.17, 15) is 13.5 Å². The fraction of sp³-hybridized carbons (Fsp3) is 0.478. The summed E-state index contributed by atoms with van der Waals surface area (Å²) in [4.78, 5) is 0. The SMILES string of the molecule is COc1ccc(C[C@@H]2CS(=O)(=O)C[C@H](NCc3cccc(C(C)C)c3)[C@H]2O)cc1Br.Cl. The number of halogens is 2. The molecule has 1 heterocycles. The topological polar surface area (TPSA) is 75.6 Å². The molecule has 5 nitrogen and oxygen atoms in total. The van der Waals surface area contributed by atoms with Crippen LogP contribution in [-0.2, 0) is 22.8 Å². The normalized spacial score (nSPS) is 22.7. The molecule has 3 atom stereocenters. The predicted octanol–water partition coefficient (Wildman–Crippen LogP) is 4.11. The first-order chi connectivity index (χ1) is 14.2. The van der Waals surface area contributed by atoms with Crippen molar-refractivity contribution in [2.75, 3.05) is 18.6 Å². The van der Waals surface area contributed by atoms with Crippen LogP contribution in [0.3, 0.4) is 0 Å². The molecular weight excluding hydrogens is 502 g/mol. The monoisotopic (exact) mass is 531 g/mol. The maximum absolute atomic E-state index is 12.5. The van der Waals surface area contributed by atoms with Crippen LogP contribution < -0.4 is 10.1 Å². The van der Waals surface area contributed by atoms with E-state index >= 15 is 0 Å². The molecule has 0 bridgehead atoms. The lowest BCUT2D eigenvalue weighted by atomic mass is 9.91. The maximum Gasteiger partial charge on any atom is 0.152 e. The minimum absolute atomic E-state index is 0. The van der Waals surface area contributed by atoms with E-state index in [1.54, 1.807) is 7.11 Å². The van der Waals surface area contributed by atoms with E-state index in [4.69, 9.17) is 4.74 Å². The van der Waals surface area contributed by atoms with E-state index in [0.717, 1.165) is 21.3 Å². The van der Waals surface area contributed by atoms with Crippen molar-refractivity contribution in [1.82, 2.24) is 5.32 Å². The molecule has 0 saturated carbocycles. The van der Waals surface area contributed by atoms with Gasteiger partial charge in [0.2, 0.25) is 0 Å². The average molecular weight is 533 g/mol. The summed E-state index contributed by atoms with van der Waals surface area (Å²) in [6.45, 7) is 4.82. The fourth-order valence-electron chi connectivity index (χ4n) is 4.00. The van der Waals surface area contributed by atoms with Crippen molar-refractivity contribution in [3.8, 4) is 5.75 Å². The van der Waals surface area contributed by atoms with Gasteiger partial charge in [-0.3, -0.25) is 0 Å². The number of benzene rings is 2. The first-order valence-corrected chi connectivity index (χ1v) is 12.8. The highest BCUT2D eigenvalue weighted by atomic mass is 79.9. The number of methoxy groups -OCH3 is 1. The summed E-state index contributed by atoms with van der Waals surface area (Å²) >= 11 is 3.47. The van der Waals surface area contributed by atoms with Gasteiger partial charge in [-0.2, -0.15) is 0 Å². The summed E-state index contributed by atoms with van der Waals surface area (Å²) in [7, 11) is -1.64. The summed E-state index contributed by atoms with van der Waals surface area (Å²) in [5.41, 5.74) is 3.30. The smallest absolute Gasteiger partial charge is 0.152 e. The third-order valence-electron chi connectivity index (χ3n) is 5.70. The number of aliphatic hydroxyl groups is 1. The van der Waals surface area contributed by atoms with E-state index < -0.39 is 22.0 Å².